The molecule has 0 saturated heterocycles. The first kappa shape index (κ1) is 13.3. The first-order valence-corrected chi connectivity index (χ1v) is 5.52. The summed E-state index contributed by atoms with van der Waals surface area (Å²) in [5.74, 6) is 0. The summed E-state index contributed by atoms with van der Waals surface area (Å²) in [7, 11) is -4.64. The Balaban J connectivity index is 0.000000292. The van der Waals surface area contributed by atoms with E-state index in [-0.39, 0.29) is 0 Å². The van der Waals surface area contributed by atoms with Crippen LogP contribution in [0.25, 0.3) is 0 Å². The predicted molar refractivity (Wildman–Crippen MR) is 53.5 cm³/mol. The highest BCUT2D eigenvalue weighted by atomic mass is 31.2. The monoisotopic (exact) mass is 219 g/mol. The Kier molecular flexibility index (Phi) is 6.36. The molecule has 0 aliphatic carbocycles. The maximum absolute atomic E-state index is 8.88. The fraction of sp³-hybridized carbons (Fsp3) is 0.250. The van der Waals surface area contributed by atoms with Crippen molar-refractivity contribution in [3.05, 3.63) is 35.9 Å². The van der Waals surface area contributed by atoms with Crippen molar-refractivity contribution < 1.29 is 19.2 Å². The van der Waals surface area contributed by atoms with E-state index in [9.17, 15) is 0 Å². The van der Waals surface area contributed by atoms with E-state index in [1.165, 1.54) is 5.56 Å². The molecule has 1 aromatic carbocycles. The molecule has 80 valence electrons. The number of hydrogen-bond donors (Lipinski definition) is 4. The average molecular weight is 219 g/mol. The van der Waals surface area contributed by atoms with Gasteiger partial charge in [0.05, 0.1) is 0 Å². The molecular formula is C8H14NO4P. The van der Waals surface area contributed by atoms with E-state index in [1.807, 2.05) is 18.2 Å². The van der Waals surface area contributed by atoms with Crippen LogP contribution >= 0.6 is 7.82 Å². The Morgan fingerprint density at radius 3 is 1.93 bits per heavy atom. The maximum Gasteiger partial charge on any atom is 0.466 e. The van der Waals surface area contributed by atoms with Crippen LogP contribution in [-0.2, 0) is 11.0 Å². The summed E-state index contributed by atoms with van der Waals surface area (Å²) in [5.41, 5.74) is 6.68. The van der Waals surface area contributed by atoms with Crippen LogP contribution in [0.4, 0.5) is 0 Å². The Morgan fingerprint density at radius 1 is 1.14 bits per heavy atom. The zero-order valence-electron chi connectivity index (χ0n) is 7.58. The third-order valence-electron chi connectivity index (χ3n) is 1.28. The number of rotatable bonds is 2. The average Bonchev–Trinajstić information content (AvgIpc) is 2.03. The van der Waals surface area contributed by atoms with E-state index < -0.39 is 7.82 Å². The zero-order valence-corrected chi connectivity index (χ0v) is 8.47. The minimum atomic E-state index is -4.64. The maximum atomic E-state index is 8.88. The van der Waals surface area contributed by atoms with Crippen LogP contribution < -0.4 is 5.73 Å². The van der Waals surface area contributed by atoms with Crippen LogP contribution in [-0.4, -0.2) is 21.2 Å². The van der Waals surface area contributed by atoms with E-state index >= 15 is 0 Å². The molecule has 5 N–H and O–H groups in total. The van der Waals surface area contributed by atoms with Crippen molar-refractivity contribution in [2.75, 3.05) is 6.54 Å². The predicted octanol–water partition coefficient (Wildman–Crippen LogP) is 0.259. The zero-order chi connectivity index (χ0) is 11.0. The molecule has 0 aliphatic rings. The molecule has 1 aromatic rings. The van der Waals surface area contributed by atoms with Crippen molar-refractivity contribution in [3.8, 4) is 0 Å². The molecular weight excluding hydrogens is 205 g/mol. The highest BCUT2D eigenvalue weighted by molar-refractivity contribution is 7.45. The van der Waals surface area contributed by atoms with Crippen LogP contribution in [0.15, 0.2) is 30.3 Å². The summed E-state index contributed by atoms with van der Waals surface area (Å²) in [6.45, 7) is 0.740. The summed E-state index contributed by atoms with van der Waals surface area (Å²) in [6, 6.07) is 10.3. The van der Waals surface area contributed by atoms with Crippen LogP contribution in [0.1, 0.15) is 5.56 Å². The molecule has 0 radical (unpaired) electrons. The van der Waals surface area contributed by atoms with E-state index in [2.05, 4.69) is 12.1 Å². The van der Waals surface area contributed by atoms with Crippen molar-refractivity contribution in [2.24, 2.45) is 5.73 Å². The molecule has 0 aromatic heterocycles. The van der Waals surface area contributed by atoms with Crippen LogP contribution in [0.3, 0.4) is 0 Å². The lowest BCUT2D eigenvalue weighted by Gasteiger charge is -1.93. The second kappa shape index (κ2) is 6.70. The van der Waals surface area contributed by atoms with Crippen LogP contribution in [0, 0.1) is 0 Å². The van der Waals surface area contributed by atoms with Gasteiger partial charge in [-0.3, -0.25) is 0 Å². The normalized spacial score (nSPS) is 10.3. The molecule has 0 bridgehead atoms. The standard InChI is InChI=1S/C8H11N.H3O4P/c9-7-6-8-4-2-1-3-5-8;1-5(2,3)4/h1-5H,6-7,9H2;(H3,1,2,3,4). The second-order valence-electron chi connectivity index (χ2n) is 2.54. The third kappa shape index (κ3) is 11.3. The van der Waals surface area contributed by atoms with Gasteiger partial charge in [0.15, 0.2) is 0 Å². The van der Waals surface area contributed by atoms with Gasteiger partial charge in [-0.05, 0) is 18.5 Å². The topological polar surface area (TPSA) is 104 Å². The molecule has 0 heterocycles. The fourth-order valence-electron chi connectivity index (χ4n) is 0.811. The highest BCUT2D eigenvalue weighted by Gasteiger charge is 2.00. The Hall–Kier alpha value is -0.710. The van der Waals surface area contributed by atoms with Gasteiger partial charge in [0.25, 0.3) is 0 Å². The lowest BCUT2D eigenvalue weighted by atomic mass is 10.2. The summed E-state index contributed by atoms with van der Waals surface area (Å²) in [6.07, 6.45) is 0.987. The van der Waals surface area contributed by atoms with E-state index in [1.54, 1.807) is 0 Å². The SMILES string of the molecule is NCCc1ccccc1.O=P(O)(O)O. The quantitative estimate of drug-likeness (QED) is 0.534. The Morgan fingerprint density at radius 2 is 1.57 bits per heavy atom. The summed E-state index contributed by atoms with van der Waals surface area (Å²) in [4.78, 5) is 21.6. The lowest BCUT2D eigenvalue weighted by molar-refractivity contribution is 0.275. The molecule has 5 nitrogen and oxygen atoms in total. The highest BCUT2D eigenvalue weighted by Crippen LogP contribution is 2.25. The van der Waals surface area contributed by atoms with Gasteiger partial charge in [-0.2, -0.15) is 0 Å². The summed E-state index contributed by atoms with van der Waals surface area (Å²) >= 11 is 0. The largest absolute Gasteiger partial charge is 0.466 e. The molecule has 14 heavy (non-hydrogen) atoms. The van der Waals surface area contributed by atoms with Crippen molar-refractivity contribution in [2.45, 2.75) is 6.42 Å². The molecule has 0 saturated carbocycles. The van der Waals surface area contributed by atoms with Crippen molar-refractivity contribution in [3.63, 3.8) is 0 Å². The molecule has 6 heteroatoms. The molecule has 0 amide bonds. The van der Waals surface area contributed by atoms with Crippen molar-refractivity contribution in [1.29, 1.82) is 0 Å². The van der Waals surface area contributed by atoms with Crippen molar-refractivity contribution in [1.82, 2.24) is 0 Å². The Bertz CT molecular complexity index is 276. The number of benzene rings is 1. The molecule has 0 fully saturated rings. The number of nitrogens with two attached hydrogens (primary N) is 1. The first-order chi connectivity index (χ1) is 6.43. The lowest BCUT2D eigenvalue weighted by Crippen LogP contribution is -2.01. The molecule has 0 aliphatic heterocycles. The summed E-state index contributed by atoms with van der Waals surface area (Å²) in [5, 5.41) is 0. The van der Waals surface area contributed by atoms with Gasteiger partial charge in [0, 0.05) is 0 Å². The van der Waals surface area contributed by atoms with E-state index in [4.69, 9.17) is 25.0 Å². The van der Waals surface area contributed by atoms with Crippen LogP contribution in [0.2, 0.25) is 0 Å². The molecule has 0 spiro atoms. The smallest absolute Gasteiger partial charge is 0.330 e. The van der Waals surface area contributed by atoms with Gasteiger partial charge in [-0.15, -0.1) is 0 Å². The fourth-order valence-corrected chi connectivity index (χ4v) is 0.811. The minimum absolute atomic E-state index is 0.740. The van der Waals surface area contributed by atoms with Crippen LogP contribution in [0.5, 0.6) is 0 Å². The van der Waals surface area contributed by atoms with Gasteiger partial charge >= 0.3 is 7.82 Å². The number of hydrogen-bond acceptors (Lipinski definition) is 2. The van der Waals surface area contributed by atoms with Crippen molar-refractivity contribution >= 4 is 7.82 Å². The third-order valence-corrected chi connectivity index (χ3v) is 1.28. The van der Waals surface area contributed by atoms with Gasteiger partial charge in [0.2, 0.25) is 0 Å². The molecule has 1 rings (SSSR count). The van der Waals surface area contributed by atoms with Gasteiger partial charge < -0.3 is 20.4 Å². The van der Waals surface area contributed by atoms with Gasteiger partial charge in [0.1, 0.15) is 0 Å². The molecule has 0 atom stereocenters. The van der Waals surface area contributed by atoms with E-state index in [0.717, 1.165) is 13.0 Å². The minimum Gasteiger partial charge on any atom is -0.330 e. The first-order valence-electron chi connectivity index (χ1n) is 3.96. The van der Waals surface area contributed by atoms with E-state index in [0.29, 0.717) is 0 Å². The molecule has 0 unspecified atom stereocenters. The van der Waals surface area contributed by atoms with Gasteiger partial charge in [-0.25, -0.2) is 4.57 Å². The second-order valence-corrected chi connectivity index (χ2v) is 3.56. The summed E-state index contributed by atoms with van der Waals surface area (Å²) < 4.78 is 8.88. The van der Waals surface area contributed by atoms with Gasteiger partial charge in [-0.1, -0.05) is 30.3 Å². The Labute approximate surface area is 82.4 Å². The number of phosphoric acid groups is 1.